The first-order chi connectivity index (χ1) is 19.7. The highest BCUT2D eigenvalue weighted by Gasteiger charge is 2.19. The van der Waals surface area contributed by atoms with E-state index in [9.17, 15) is 0 Å². The summed E-state index contributed by atoms with van der Waals surface area (Å²) >= 11 is 0. The second-order valence-corrected chi connectivity index (χ2v) is 11.1. The second kappa shape index (κ2) is 7.97. The molecule has 0 unspecified atom stereocenters. The molecule has 0 spiro atoms. The molecule has 0 fully saturated rings. The van der Waals surface area contributed by atoms with Crippen LogP contribution < -0.4 is 0 Å². The highest BCUT2D eigenvalue weighted by molar-refractivity contribution is 6.12. The molecule has 0 radical (unpaired) electrons. The lowest BCUT2D eigenvalue weighted by molar-refractivity contribution is 1.01. The molecule has 2 nitrogen and oxygen atoms in total. The number of hydrogen-bond acceptors (Lipinski definition) is 0. The summed E-state index contributed by atoms with van der Waals surface area (Å²) in [6, 6.07) is 47.1. The van der Waals surface area contributed by atoms with Gasteiger partial charge >= 0.3 is 0 Å². The Morgan fingerprint density at radius 2 is 1.10 bits per heavy atom. The van der Waals surface area contributed by atoms with Gasteiger partial charge in [-0.3, -0.25) is 0 Å². The lowest BCUT2D eigenvalue weighted by Gasteiger charge is -2.08. The summed E-state index contributed by atoms with van der Waals surface area (Å²) in [7, 11) is 2.19. The van der Waals surface area contributed by atoms with Gasteiger partial charge in [0.25, 0.3) is 0 Å². The van der Waals surface area contributed by atoms with Crippen LogP contribution in [0.15, 0.2) is 127 Å². The molecule has 0 bridgehead atoms. The highest BCUT2D eigenvalue weighted by Crippen LogP contribution is 2.40. The molecule has 0 saturated carbocycles. The van der Waals surface area contributed by atoms with E-state index in [1.54, 1.807) is 0 Å². The molecule has 0 saturated heterocycles. The topological polar surface area (TPSA) is 9.86 Å². The van der Waals surface area contributed by atoms with Crippen LogP contribution in [0.25, 0.3) is 71.6 Å². The van der Waals surface area contributed by atoms with Gasteiger partial charge in [-0.2, -0.15) is 0 Å². The number of aryl methyl sites for hydroxylation is 1. The van der Waals surface area contributed by atoms with Crippen LogP contribution in [-0.2, 0) is 13.5 Å². The van der Waals surface area contributed by atoms with Crippen LogP contribution in [0.2, 0.25) is 0 Å². The monoisotopic (exact) mass is 510 g/mol. The number of benzene rings is 6. The SMILES string of the molecule is Cn1c2ccc(-n3c4ccccc4c4ccccc43)cc2c2ccc(-c3ccc4c(c3)-c3ccccc3C4)cc21. The Hall–Kier alpha value is -5.08. The van der Waals surface area contributed by atoms with Crippen molar-refractivity contribution in [3.63, 3.8) is 0 Å². The molecule has 8 aromatic rings. The van der Waals surface area contributed by atoms with Gasteiger partial charge in [0.05, 0.1) is 11.0 Å². The van der Waals surface area contributed by atoms with Gasteiger partial charge in [-0.05, 0) is 82.3 Å². The van der Waals surface area contributed by atoms with E-state index < -0.39 is 0 Å². The van der Waals surface area contributed by atoms with Crippen molar-refractivity contribution < 1.29 is 0 Å². The average Bonchev–Trinajstić information content (AvgIpc) is 3.64. The third kappa shape index (κ3) is 2.93. The number of fused-ring (bicyclic) bond motifs is 9. The quantitative estimate of drug-likeness (QED) is 0.219. The summed E-state index contributed by atoms with van der Waals surface area (Å²) in [6.07, 6.45) is 1.03. The van der Waals surface area contributed by atoms with E-state index in [4.69, 9.17) is 0 Å². The lowest BCUT2D eigenvalue weighted by atomic mass is 9.98. The number of nitrogens with zero attached hydrogens (tertiary/aromatic N) is 2. The minimum Gasteiger partial charge on any atom is -0.344 e. The van der Waals surface area contributed by atoms with Gasteiger partial charge in [0.1, 0.15) is 0 Å². The Balaban J connectivity index is 1.22. The number of rotatable bonds is 2. The van der Waals surface area contributed by atoms with Crippen LogP contribution in [0.4, 0.5) is 0 Å². The summed E-state index contributed by atoms with van der Waals surface area (Å²) in [5.74, 6) is 0. The van der Waals surface area contributed by atoms with Crippen LogP contribution in [0, 0.1) is 0 Å². The van der Waals surface area contributed by atoms with Crippen molar-refractivity contribution in [2.45, 2.75) is 6.42 Å². The Kier molecular flexibility index (Phi) is 4.34. The van der Waals surface area contributed by atoms with E-state index >= 15 is 0 Å². The molecular weight excluding hydrogens is 484 g/mol. The predicted molar refractivity (Wildman–Crippen MR) is 168 cm³/mol. The van der Waals surface area contributed by atoms with Crippen molar-refractivity contribution in [3.05, 3.63) is 139 Å². The summed E-state index contributed by atoms with van der Waals surface area (Å²) in [5, 5.41) is 5.15. The molecule has 40 heavy (non-hydrogen) atoms. The predicted octanol–water partition coefficient (Wildman–Crippen LogP) is 9.67. The van der Waals surface area contributed by atoms with E-state index in [1.165, 1.54) is 82.7 Å². The first-order valence-electron chi connectivity index (χ1n) is 14.0. The van der Waals surface area contributed by atoms with E-state index in [-0.39, 0.29) is 0 Å². The zero-order chi connectivity index (χ0) is 26.4. The van der Waals surface area contributed by atoms with E-state index in [1.807, 2.05) is 0 Å². The Morgan fingerprint density at radius 1 is 0.450 bits per heavy atom. The fourth-order valence-electron chi connectivity index (χ4n) is 7.02. The first-order valence-corrected chi connectivity index (χ1v) is 14.0. The molecule has 1 aliphatic carbocycles. The molecule has 6 aromatic carbocycles. The zero-order valence-electron chi connectivity index (χ0n) is 22.2. The molecule has 2 heterocycles. The maximum Gasteiger partial charge on any atom is 0.0541 e. The minimum absolute atomic E-state index is 1.03. The van der Waals surface area contributed by atoms with E-state index in [2.05, 4.69) is 144 Å². The van der Waals surface area contributed by atoms with E-state index in [0.717, 1.165) is 6.42 Å². The van der Waals surface area contributed by atoms with Crippen LogP contribution >= 0.6 is 0 Å². The van der Waals surface area contributed by atoms with Gasteiger partial charge in [0.15, 0.2) is 0 Å². The van der Waals surface area contributed by atoms with Crippen molar-refractivity contribution >= 4 is 43.6 Å². The average molecular weight is 511 g/mol. The largest absolute Gasteiger partial charge is 0.344 e. The van der Waals surface area contributed by atoms with Crippen molar-refractivity contribution in [2.75, 3.05) is 0 Å². The van der Waals surface area contributed by atoms with Crippen molar-refractivity contribution in [2.24, 2.45) is 7.05 Å². The molecule has 2 aromatic heterocycles. The number of aromatic nitrogens is 2. The summed E-state index contributed by atoms with van der Waals surface area (Å²) < 4.78 is 4.74. The summed E-state index contributed by atoms with van der Waals surface area (Å²) in [4.78, 5) is 0. The third-order valence-corrected chi connectivity index (χ3v) is 8.96. The molecular formula is C38H26N2. The molecule has 0 aliphatic heterocycles. The zero-order valence-corrected chi connectivity index (χ0v) is 22.2. The second-order valence-electron chi connectivity index (χ2n) is 11.1. The first kappa shape index (κ1) is 21.8. The van der Waals surface area contributed by atoms with Crippen LogP contribution in [-0.4, -0.2) is 9.13 Å². The Morgan fingerprint density at radius 3 is 1.93 bits per heavy atom. The van der Waals surface area contributed by atoms with Crippen LogP contribution in [0.1, 0.15) is 11.1 Å². The fraction of sp³-hybridized carbons (Fsp3) is 0.0526. The normalized spacial score (nSPS) is 12.5. The van der Waals surface area contributed by atoms with Gasteiger partial charge < -0.3 is 9.13 Å². The number of hydrogen-bond donors (Lipinski definition) is 0. The molecule has 1 aliphatic rings. The maximum absolute atomic E-state index is 2.40. The molecule has 0 N–H and O–H groups in total. The van der Waals surface area contributed by atoms with Crippen molar-refractivity contribution in [1.29, 1.82) is 0 Å². The number of para-hydroxylation sites is 2. The van der Waals surface area contributed by atoms with Crippen LogP contribution in [0.3, 0.4) is 0 Å². The Bertz CT molecular complexity index is 2260. The van der Waals surface area contributed by atoms with Gasteiger partial charge in [-0.1, -0.05) is 84.9 Å². The van der Waals surface area contributed by atoms with E-state index in [0.29, 0.717) is 0 Å². The van der Waals surface area contributed by atoms with Gasteiger partial charge in [0.2, 0.25) is 0 Å². The fourth-order valence-corrected chi connectivity index (χ4v) is 7.02. The molecule has 2 heteroatoms. The van der Waals surface area contributed by atoms with Gasteiger partial charge in [0, 0.05) is 45.3 Å². The van der Waals surface area contributed by atoms with Gasteiger partial charge in [-0.25, -0.2) is 0 Å². The minimum atomic E-state index is 1.03. The van der Waals surface area contributed by atoms with Crippen molar-refractivity contribution in [1.82, 2.24) is 9.13 Å². The lowest BCUT2D eigenvalue weighted by Crippen LogP contribution is -1.94. The summed E-state index contributed by atoms with van der Waals surface area (Å²) in [6.45, 7) is 0. The maximum atomic E-state index is 2.40. The smallest absolute Gasteiger partial charge is 0.0541 e. The van der Waals surface area contributed by atoms with Crippen LogP contribution in [0.5, 0.6) is 0 Å². The molecule has 188 valence electrons. The van der Waals surface area contributed by atoms with Gasteiger partial charge in [-0.15, -0.1) is 0 Å². The van der Waals surface area contributed by atoms with Crippen molar-refractivity contribution in [3.8, 4) is 27.9 Å². The standard InChI is InChI=1S/C38H26N2/c1-39-35-19-17-28(40-36-12-6-4-10-30(36)31-11-5-7-13-37(31)40)23-34(35)32-18-16-25(22-38(32)39)24-14-15-27-20-26-8-2-3-9-29(26)33(27)21-24/h2-19,21-23H,20H2,1H3. The molecule has 0 amide bonds. The molecule has 9 rings (SSSR count). The molecule has 0 atom stereocenters. The third-order valence-electron chi connectivity index (χ3n) is 8.96. The summed E-state index contributed by atoms with van der Waals surface area (Å²) in [5.41, 5.74) is 14.3. The Labute approximate surface area is 232 Å². The highest BCUT2D eigenvalue weighted by atomic mass is 15.0.